The van der Waals surface area contributed by atoms with Gasteiger partial charge in [0, 0.05) is 0 Å². The van der Waals surface area contributed by atoms with Gasteiger partial charge in [-0.15, -0.1) is 13.2 Å². The second kappa shape index (κ2) is 11.4. The number of unbranched alkanes of at least 4 members (excludes halogenated alkanes) is 1. The van der Waals surface area contributed by atoms with Crippen molar-refractivity contribution in [2.24, 2.45) is 11.8 Å². The molecule has 0 N–H and O–H groups in total. The summed E-state index contributed by atoms with van der Waals surface area (Å²) in [5.41, 5.74) is 0.406. The summed E-state index contributed by atoms with van der Waals surface area (Å²) in [5.74, 6) is -6.71. The Morgan fingerprint density at radius 2 is 1.38 bits per heavy atom. The zero-order valence-corrected chi connectivity index (χ0v) is 19.4. The summed E-state index contributed by atoms with van der Waals surface area (Å²) in [6, 6.07) is 6.36. The van der Waals surface area contributed by atoms with E-state index in [9.17, 15) is 26.3 Å². The molecule has 0 amide bonds. The minimum Gasteiger partial charge on any atom is -0.493 e. The largest absolute Gasteiger partial charge is 0.573 e. The summed E-state index contributed by atoms with van der Waals surface area (Å²) < 4.78 is 89.3. The van der Waals surface area contributed by atoms with Crippen molar-refractivity contribution in [1.29, 1.82) is 0 Å². The number of hydrogen-bond acceptors (Lipinski definition) is 2. The van der Waals surface area contributed by atoms with Crippen LogP contribution < -0.4 is 9.47 Å². The lowest BCUT2D eigenvalue weighted by atomic mass is 9.78. The van der Waals surface area contributed by atoms with Gasteiger partial charge in [-0.05, 0) is 35.8 Å². The molecule has 1 aliphatic carbocycles. The van der Waals surface area contributed by atoms with Crippen molar-refractivity contribution in [3.8, 4) is 22.6 Å². The molecule has 1 saturated carbocycles. The first-order chi connectivity index (χ1) is 16.1. The van der Waals surface area contributed by atoms with Gasteiger partial charge in [0.25, 0.3) is 0 Å². The Kier molecular flexibility index (Phi) is 8.77. The lowest BCUT2D eigenvalue weighted by Crippen LogP contribution is -2.20. The second-order valence-electron chi connectivity index (χ2n) is 8.99. The minimum atomic E-state index is -5.39. The normalized spacial score (nSPS) is 18.7. The quantitative estimate of drug-likeness (QED) is 0.260. The fraction of sp³-hybridized carbons (Fsp3) is 0.538. The van der Waals surface area contributed by atoms with Crippen LogP contribution in [0.15, 0.2) is 24.3 Å². The first-order valence-corrected chi connectivity index (χ1v) is 11.7. The highest BCUT2D eigenvalue weighted by atomic mass is 19.4. The molecule has 2 nitrogen and oxygen atoms in total. The zero-order chi connectivity index (χ0) is 24.9. The van der Waals surface area contributed by atoms with E-state index in [1.807, 2.05) is 0 Å². The van der Waals surface area contributed by atoms with Crippen molar-refractivity contribution in [3.63, 3.8) is 0 Å². The monoisotopic (exact) mass is 488 g/mol. The minimum absolute atomic E-state index is 0.0560. The number of halogens is 6. The lowest BCUT2D eigenvalue weighted by Gasteiger charge is -2.28. The molecule has 0 atom stereocenters. The number of aryl methyl sites for hydroxylation is 1. The summed E-state index contributed by atoms with van der Waals surface area (Å²) in [6.45, 7) is 2.21. The highest BCUT2D eigenvalue weighted by molar-refractivity contribution is 5.73. The average Bonchev–Trinajstić information content (AvgIpc) is 2.82. The number of alkyl halides is 3. The highest BCUT2D eigenvalue weighted by Crippen LogP contribution is 2.43. The molecule has 0 unspecified atom stereocenters. The predicted octanol–water partition coefficient (Wildman–Crippen LogP) is 8.61. The Morgan fingerprint density at radius 1 is 0.824 bits per heavy atom. The van der Waals surface area contributed by atoms with Gasteiger partial charge in [-0.1, -0.05) is 76.1 Å². The Bertz CT molecular complexity index is 947. The third kappa shape index (κ3) is 6.39. The molecule has 0 bridgehead atoms. The predicted molar refractivity (Wildman–Crippen MR) is 118 cm³/mol. The summed E-state index contributed by atoms with van der Waals surface area (Å²) in [6.07, 6.45) is 5.22. The van der Waals surface area contributed by atoms with E-state index in [0.717, 1.165) is 31.4 Å². The number of methoxy groups -OCH3 is 1. The molecule has 0 radical (unpaired) electrons. The molecular weight excluding hydrogens is 458 g/mol. The Balaban J connectivity index is 1.73. The Morgan fingerprint density at radius 3 is 1.91 bits per heavy atom. The molecule has 1 aliphatic rings. The van der Waals surface area contributed by atoms with Gasteiger partial charge in [0.05, 0.1) is 12.7 Å². The van der Waals surface area contributed by atoms with Gasteiger partial charge >= 0.3 is 6.36 Å². The number of rotatable bonds is 9. The van der Waals surface area contributed by atoms with E-state index in [-0.39, 0.29) is 5.56 Å². The molecular formula is C26H30F6O2. The Labute approximate surface area is 196 Å². The van der Waals surface area contributed by atoms with Crippen LogP contribution in [0, 0.1) is 29.3 Å². The fourth-order valence-electron chi connectivity index (χ4n) is 4.78. The van der Waals surface area contributed by atoms with Crippen molar-refractivity contribution in [2.75, 3.05) is 7.11 Å². The summed E-state index contributed by atoms with van der Waals surface area (Å²) >= 11 is 0. The first-order valence-electron chi connectivity index (χ1n) is 11.7. The maximum absolute atomic E-state index is 14.9. The maximum atomic E-state index is 14.9. The molecule has 3 rings (SSSR count). The number of benzene rings is 2. The Hall–Kier alpha value is -2.38. The summed E-state index contributed by atoms with van der Waals surface area (Å²) in [5, 5.41) is 0. The van der Waals surface area contributed by atoms with Crippen LogP contribution in [0.4, 0.5) is 26.3 Å². The maximum Gasteiger partial charge on any atom is 0.573 e. The van der Waals surface area contributed by atoms with Crippen molar-refractivity contribution in [1.82, 2.24) is 0 Å². The van der Waals surface area contributed by atoms with Gasteiger partial charge < -0.3 is 9.47 Å². The second-order valence-corrected chi connectivity index (χ2v) is 8.99. The smallest absolute Gasteiger partial charge is 0.493 e. The third-order valence-corrected chi connectivity index (χ3v) is 6.68. The zero-order valence-electron chi connectivity index (χ0n) is 19.4. The molecule has 0 aliphatic heterocycles. The average molecular weight is 489 g/mol. The van der Waals surface area contributed by atoms with Crippen molar-refractivity contribution in [2.45, 2.75) is 71.1 Å². The van der Waals surface area contributed by atoms with Gasteiger partial charge in [0.2, 0.25) is 17.4 Å². The SMILES string of the molecule is CCCCC1CCC(CCc2ccc(-c3c(F)c(OC(F)(F)F)c(F)c(F)c3OC)cc2)CC1. The van der Waals surface area contributed by atoms with Crippen LogP contribution in [0.3, 0.4) is 0 Å². The van der Waals surface area contributed by atoms with Gasteiger partial charge in [-0.25, -0.2) is 4.39 Å². The standard InChI is InChI=1S/C26H30F6O2/c1-3-4-5-16-6-8-17(9-7-16)10-11-18-12-14-19(15-13-18)20-21(27)25(34-26(30,31)32)23(29)22(28)24(20)33-2/h12-17H,3-11H2,1-2H3. The number of hydrogen-bond donors (Lipinski definition) is 0. The summed E-state index contributed by atoms with van der Waals surface area (Å²) in [4.78, 5) is 0. The molecule has 0 saturated heterocycles. The topological polar surface area (TPSA) is 18.5 Å². The highest BCUT2D eigenvalue weighted by Gasteiger charge is 2.37. The van der Waals surface area contributed by atoms with Crippen LogP contribution in [-0.2, 0) is 6.42 Å². The number of ether oxygens (including phenoxy) is 2. The van der Waals surface area contributed by atoms with Gasteiger partial charge in [0.15, 0.2) is 11.6 Å². The van der Waals surface area contributed by atoms with Crippen LogP contribution in [0.1, 0.15) is 63.9 Å². The van der Waals surface area contributed by atoms with Crippen LogP contribution in [-0.4, -0.2) is 13.5 Å². The van der Waals surface area contributed by atoms with Crippen LogP contribution in [0.2, 0.25) is 0 Å². The van der Waals surface area contributed by atoms with Crippen molar-refractivity contribution >= 4 is 0 Å². The molecule has 188 valence electrons. The first kappa shape index (κ1) is 26.2. The van der Waals surface area contributed by atoms with E-state index in [1.54, 1.807) is 12.1 Å². The third-order valence-electron chi connectivity index (χ3n) is 6.68. The molecule has 2 aromatic rings. The lowest BCUT2D eigenvalue weighted by molar-refractivity contribution is -0.276. The molecule has 8 heteroatoms. The van der Waals surface area contributed by atoms with Gasteiger partial charge in [-0.2, -0.15) is 8.78 Å². The van der Waals surface area contributed by atoms with E-state index >= 15 is 0 Å². The van der Waals surface area contributed by atoms with Crippen molar-refractivity contribution in [3.05, 3.63) is 47.3 Å². The van der Waals surface area contributed by atoms with E-state index in [0.29, 0.717) is 5.92 Å². The van der Waals surface area contributed by atoms with E-state index in [1.165, 1.54) is 57.1 Å². The molecule has 2 aromatic carbocycles. The van der Waals surface area contributed by atoms with Crippen LogP contribution in [0.5, 0.6) is 11.5 Å². The summed E-state index contributed by atoms with van der Waals surface area (Å²) in [7, 11) is 0.983. The van der Waals surface area contributed by atoms with E-state index in [2.05, 4.69) is 11.7 Å². The van der Waals surface area contributed by atoms with Crippen LogP contribution >= 0.6 is 0 Å². The molecule has 0 aromatic heterocycles. The molecule has 0 heterocycles. The van der Waals surface area contributed by atoms with Crippen LogP contribution in [0.25, 0.3) is 11.1 Å². The van der Waals surface area contributed by atoms with Crippen molar-refractivity contribution < 1.29 is 35.8 Å². The van der Waals surface area contributed by atoms with E-state index < -0.39 is 40.9 Å². The van der Waals surface area contributed by atoms with Gasteiger partial charge in [-0.3, -0.25) is 0 Å². The van der Waals surface area contributed by atoms with Gasteiger partial charge in [0.1, 0.15) is 0 Å². The fourth-order valence-corrected chi connectivity index (χ4v) is 4.78. The molecule has 0 spiro atoms. The molecule has 34 heavy (non-hydrogen) atoms. The molecule has 1 fully saturated rings. The van der Waals surface area contributed by atoms with E-state index in [4.69, 9.17) is 4.74 Å².